The third-order valence-electron chi connectivity index (χ3n) is 5.22. The lowest BCUT2D eigenvalue weighted by Gasteiger charge is -2.18. The Labute approximate surface area is 198 Å². The average Bonchev–Trinajstić information content (AvgIpc) is 3.12. The molecule has 3 aromatic carbocycles. The molecular weight excluding hydrogens is 459 g/mol. The molecule has 2 N–H and O–H groups in total. The molecule has 0 spiro atoms. The van der Waals surface area contributed by atoms with Crippen molar-refractivity contribution >= 4 is 21.6 Å². The molecule has 3 aromatic rings. The maximum Gasteiger partial charge on any atom is 0.262 e. The van der Waals surface area contributed by atoms with Crippen molar-refractivity contribution in [3.8, 4) is 11.5 Å². The van der Waals surface area contributed by atoms with Crippen molar-refractivity contribution in [3.63, 3.8) is 0 Å². The first kappa shape index (κ1) is 23.6. The van der Waals surface area contributed by atoms with E-state index in [4.69, 9.17) is 9.47 Å². The van der Waals surface area contributed by atoms with Crippen molar-refractivity contribution in [1.29, 1.82) is 0 Å². The van der Waals surface area contributed by atoms with Crippen LogP contribution in [0.25, 0.3) is 0 Å². The number of sulfonamides is 1. The molecule has 34 heavy (non-hydrogen) atoms. The van der Waals surface area contributed by atoms with Gasteiger partial charge in [0.05, 0.1) is 17.1 Å². The summed E-state index contributed by atoms with van der Waals surface area (Å²) in [7, 11) is -4.08. The summed E-state index contributed by atoms with van der Waals surface area (Å²) in [6, 6.07) is 16.7. The topological polar surface area (TPSA) is 93.7 Å². The summed E-state index contributed by atoms with van der Waals surface area (Å²) < 4.78 is 53.1. The molecule has 0 atom stereocenters. The molecule has 1 aliphatic rings. The van der Waals surface area contributed by atoms with Crippen molar-refractivity contribution < 1.29 is 27.1 Å². The molecule has 178 valence electrons. The Morgan fingerprint density at radius 2 is 1.85 bits per heavy atom. The molecule has 0 bridgehead atoms. The van der Waals surface area contributed by atoms with Crippen LogP contribution in [0, 0.1) is 5.82 Å². The molecule has 0 unspecified atom stereocenters. The summed E-state index contributed by atoms with van der Waals surface area (Å²) in [4.78, 5) is 12.4. The van der Waals surface area contributed by atoms with Gasteiger partial charge in [-0.25, -0.2) is 12.8 Å². The van der Waals surface area contributed by atoms with Gasteiger partial charge in [0.1, 0.15) is 18.0 Å². The molecular formula is C25H25FN2O5S. The van der Waals surface area contributed by atoms with Crippen molar-refractivity contribution in [3.05, 3.63) is 83.7 Å². The first-order valence-electron chi connectivity index (χ1n) is 10.7. The first-order chi connectivity index (χ1) is 16.1. The second kappa shape index (κ2) is 9.34. The summed E-state index contributed by atoms with van der Waals surface area (Å²) in [6.45, 7) is 4.43. The molecule has 7 nitrogen and oxygen atoms in total. The fraction of sp³-hybridized carbons (Fsp3) is 0.240. The van der Waals surface area contributed by atoms with Crippen LogP contribution in [0.4, 0.5) is 10.1 Å². The largest absolute Gasteiger partial charge is 0.488 e. The van der Waals surface area contributed by atoms with E-state index in [-0.39, 0.29) is 34.9 Å². The van der Waals surface area contributed by atoms with Gasteiger partial charge in [0, 0.05) is 17.5 Å². The number of ether oxygens (including phenoxy) is 2. The normalized spacial score (nSPS) is 14.1. The molecule has 1 heterocycles. The fourth-order valence-electron chi connectivity index (χ4n) is 3.68. The zero-order chi connectivity index (χ0) is 24.3. The molecule has 0 saturated carbocycles. The highest BCUT2D eigenvalue weighted by atomic mass is 32.2. The number of carbonyl (C=O) groups is 1. The highest BCUT2D eigenvalue weighted by Gasteiger charge is 2.32. The van der Waals surface area contributed by atoms with Crippen LogP contribution in [-0.4, -0.2) is 33.1 Å². The Hall–Kier alpha value is -3.59. The van der Waals surface area contributed by atoms with Crippen LogP contribution in [0.2, 0.25) is 0 Å². The number of benzene rings is 3. The molecule has 0 saturated heterocycles. The van der Waals surface area contributed by atoms with Gasteiger partial charge >= 0.3 is 0 Å². The van der Waals surface area contributed by atoms with E-state index < -0.39 is 21.7 Å². The molecule has 1 aliphatic heterocycles. The molecule has 4 rings (SSSR count). The van der Waals surface area contributed by atoms with E-state index in [0.717, 1.165) is 23.8 Å². The van der Waals surface area contributed by atoms with Crippen LogP contribution in [-0.2, 0) is 16.4 Å². The number of carbonyl (C=O) groups excluding carboxylic acids is 1. The Morgan fingerprint density at radius 3 is 2.65 bits per heavy atom. The number of para-hydroxylation sites is 2. The predicted octanol–water partition coefficient (Wildman–Crippen LogP) is 4.15. The van der Waals surface area contributed by atoms with Crippen molar-refractivity contribution in [2.45, 2.75) is 30.8 Å². The number of nitrogens with one attached hydrogen (secondary N) is 2. The van der Waals surface area contributed by atoms with Gasteiger partial charge in [0.25, 0.3) is 15.9 Å². The summed E-state index contributed by atoms with van der Waals surface area (Å²) in [5, 5.41) is 2.71. The van der Waals surface area contributed by atoms with Crippen molar-refractivity contribution in [2.75, 3.05) is 17.9 Å². The molecule has 0 aliphatic carbocycles. The SMILES string of the molecule is CC1(C)Cc2cccc(OCCNC(=O)c3cccc(S(=O)(=O)Nc4ccccc4F)c3)c2O1. The molecule has 0 aromatic heterocycles. The van der Waals surface area contributed by atoms with Gasteiger partial charge in [-0.05, 0) is 50.2 Å². The third-order valence-corrected chi connectivity index (χ3v) is 6.59. The van der Waals surface area contributed by atoms with Crippen LogP contribution in [0.5, 0.6) is 11.5 Å². The minimum Gasteiger partial charge on any atom is -0.488 e. The third kappa shape index (κ3) is 5.31. The second-order valence-corrected chi connectivity index (χ2v) is 10.2. The summed E-state index contributed by atoms with van der Waals surface area (Å²) in [5.41, 5.74) is 0.771. The van der Waals surface area contributed by atoms with E-state index in [9.17, 15) is 17.6 Å². The van der Waals surface area contributed by atoms with Gasteiger partial charge in [0.15, 0.2) is 11.5 Å². The van der Waals surface area contributed by atoms with Crippen LogP contribution in [0.15, 0.2) is 71.6 Å². The van der Waals surface area contributed by atoms with E-state index in [1.54, 1.807) is 0 Å². The van der Waals surface area contributed by atoms with Crippen LogP contribution < -0.4 is 19.5 Å². The number of rotatable bonds is 8. The monoisotopic (exact) mass is 484 g/mol. The van der Waals surface area contributed by atoms with E-state index in [1.807, 2.05) is 32.0 Å². The number of fused-ring (bicyclic) bond motifs is 1. The smallest absolute Gasteiger partial charge is 0.262 e. The fourth-order valence-corrected chi connectivity index (χ4v) is 4.79. The zero-order valence-corrected chi connectivity index (χ0v) is 19.6. The Kier molecular flexibility index (Phi) is 6.47. The Bertz CT molecular complexity index is 1320. The summed E-state index contributed by atoms with van der Waals surface area (Å²) >= 11 is 0. The van der Waals surface area contributed by atoms with E-state index in [0.29, 0.717) is 5.75 Å². The summed E-state index contributed by atoms with van der Waals surface area (Å²) in [5.74, 6) is 0.184. The second-order valence-electron chi connectivity index (χ2n) is 8.50. The van der Waals surface area contributed by atoms with Crippen molar-refractivity contribution in [1.82, 2.24) is 5.32 Å². The van der Waals surface area contributed by atoms with Gasteiger partial charge in [-0.1, -0.05) is 30.3 Å². The van der Waals surface area contributed by atoms with Gasteiger partial charge < -0.3 is 14.8 Å². The number of amides is 1. The molecule has 0 fully saturated rings. The minimum absolute atomic E-state index is 0.153. The van der Waals surface area contributed by atoms with Crippen LogP contribution in [0.3, 0.4) is 0 Å². The van der Waals surface area contributed by atoms with Crippen LogP contribution in [0.1, 0.15) is 29.8 Å². The minimum atomic E-state index is -4.08. The Balaban J connectivity index is 1.36. The predicted molar refractivity (Wildman–Crippen MR) is 126 cm³/mol. The highest BCUT2D eigenvalue weighted by Crippen LogP contribution is 2.41. The maximum atomic E-state index is 13.8. The van der Waals surface area contributed by atoms with Gasteiger partial charge in [-0.15, -0.1) is 0 Å². The Morgan fingerprint density at radius 1 is 1.09 bits per heavy atom. The standard InChI is InChI=1S/C25H25FN2O5S/c1-25(2)16-18-8-6-12-22(23(18)33-25)32-14-13-27-24(29)17-7-5-9-19(15-17)34(30,31)28-21-11-4-3-10-20(21)26/h3-12,15,28H,13-14,16H2,1-2H3,(H,27,29). The zero-order valence-electron chi connectivity index (χ0n) is 18.8. The lowest BCUT2D eigenvalue weighted by atomic mass is 10.0. The number of hydrogen-bond donors (Lipinski definition) is 2. The average molecular weight is 485 g/mol. The van der Waals surface area contributed by atoms with Gasteiger partial charge in [0.2, 0.25) is 0 Å². The van der Waals surface area contributed by atoms with E-state index in [1.165, 1.54) is 42.5 Å². The molecule has 0 radical (unpaired) electrons. The molecule has 1 amide bonds. The quantitative estimate of drug-likeness (QED) is 0.469. The molecule has 9 heteroatoms. The number of hydrogen-bond acceptors (Lipinski definition) is 5. The number of halogens is 1. The van der Waals surface area contributed by atoms with E-state index in [2.05, 4.69) is 10.0 Å². The van der Waals surface area contributed by atoms with Gasteiger partial charge in [-0.2, -0.15) is 0 Å². The highest BCUT2D eigenvalue weighted by molar-refractivity contribution is 7.92. The lowest BCUT2D eigenvalue weighted by molar-refractivity contribution is 0.0946. The van der Waals surface area contributed by atoms with Crippen LogP contribution >= 0.6 is 0 Å². The lowest BCUT2D eigenvalue weighted by Crippen LogP contribution is -2.28. The van der Waals surface area contributed by atoms with E-state index >= 15 is 0 Å². The summed E-state index contributed by atoms with van der Waals surface area (Å²) in [6.07, 6.45) is 0.793. The number of anilines is 1. The van der Waals surface area contributed by atoms with Gasteiger partial charge in [-0.3, -0.25) is 9.52 Å². The maximum absolute atomic E-state index is 13.8. The van der Waals surface area contributed by atoms with Crippen molar-refractivity contribution in [2.24, 2.45) is 0 Å². The first-order valence-corrected chi connectivity index (χ1v) is 12.2.